The normalized spacial score (nSPS) is 24.6. The number of nitrogens with one attached hydrogen (secondary N) is 1. The molecule has 3 rings (SSSR count). The fourth-order valence-corrected chi connectivity index (χ4v) is 3.62. The fourth-order valence-electron chi connectivity index (χ4n) is 3.49. The van der Waals surface area contributed by atoms with Crippen molar-refractivity contribution < 1.29 is 0 Å². The summed E-state index contributed by atoms with van der Waals surface area (Å²) in [4.78, 5) is 0. The molecule has 1 nitrogen and oxygen atoms in total. The summed E-state index contributed by atoms with van der Waals surface area (Å²) in [6.45, 7) is 4.24. The Morgan fingerprint density at radius 3 is 2.33 bits per heavy atom. The highest BCUT2D eigenvalue weighted by Crippen LogP contribution is 2.52. The van der Waals surface area contributed by atoms with Crippen molar-refractivity contribution in [2.45, 2.75) is 31.1 Å². The molecule has 2 heteroatoms. The van der Waals surface area contributed by atoms with Crippen LogP contribution in [-0.4, -0.2) is 13.1 Å². The maximum absolute atomic E-state index is 6.04. The number of hydrogen-bond acceptors (Lipinski definition) is 1. The molecule has 0 saturated heterocycles. The third-order valence-electron chi connectivity index (χ3n) is 4.72. The first-order chi connectivity index (χ1) is 10.2. The molecule has 1 aliphatic carbocycles. The Kier molecular flexibility index (Phi) is 4.32. The van der Waals surface area contributed by atoms with E-state index in [1.165, 1.54) is 24.0 Å². The first-order valence-electron chi connectivity index (χ1n) is 7.75. The lowest BCUT2D eigenvalue weighted by molar-refractivity contribution is 0.195. The minimum atomic E-state index is 0.265. The van der Waals surface area contributed by atoms with Gasteiger partial charge in [0, 0.05) is 17.0 Å². The Labute approximate surface area is 132 Å². The van der Waals surface area contributed by atoms with Crippen LogP contribution in [0.1, 0.15) is 36.8 Å². The predicted octanol–water partition coefficient (Wildman–Crippen LogP) is 4.76. The van der Waals surface area contributed by atoms with Crippen molar-refractivity contribution >= 4 is 11.6 Å². The van der Waals surface area contributed by atoms with Crippen LogP contribution >= 0.6 is 11.6 Å². The molecular formula is C19H22ClN. The lowest BCUT2D eigenvalue weighted by atomic mass is 9.57. The first kappa shape index (κ1) is 14.6. The van der Waals surface area contributed by atoms with Gasteiger partial charge in [-0.1, -0.05) is 61.0 Å². The highest BCUT2D eigenvalue weighted by Gasteiger charge is 2.45. The SMILES string of the molecule is CCNCC1(c2ccc(Cl)cc2)CC(c2ccccc2)C1. The van der Waals surface area contributed by atoms with E-state index in [0.29, 0.717) is 5.92 Å². The summed E-state index contributed by atoms with van der Waals surface area (Å²) in [5.41, 5.74) is 3.15. The zero-order valence-electron chi connectivity index (χ0n) is 12.5. The summed E-state index contributed by atoms with van der Waals surface area (Å²) in [5, 5.41) is 4.36. The monoisotopic (exact) mass is 299 g/mol. The summed E-state index contributed by atoms with van der Waals surface area (Å²) in [6.07, 6.45) is 2.43. The van der Waals surface area contributed by atoms with E-state index >= 15 is 0 Å². The summed E-state index contributed by atoms with van der Waals surface area (Å²) < 4.78 is 0. The van der Waals surface area contributed by atoms with E-state index in [4.69, 9.17) is 11.6 Å². The third kappa shape index (κ3) is 3.00. The van der Waals surface area contributed by atoms with Crippen LogP contribution in [0.5, 0.6) is 0 Å². The van der Waals surface area contributed by atoms with Gasteiger partial charge in [0.15, 0.2) is 0 Å². The minimum Gasteiger partial charge on any atom is -0.316 e. The van der Waals surface area contributed by atoms with E-state index in [1.54, 1.807) is 0 Å². The smallest absolute Gasteiger partial charge is 0.0406 e. The molecule has 0 atom stereocenters. The molecule has 0 spiro atoms. The second-order valence-electron chi connectivity index (χ2n) is 6.08. The number of hydrogen-bond donors (Lipinski definition) is 1. The van der Waals surface area contributed by atoms with Crippen LogP contribution in [-0.2, 0) is 5.41 Å². The van der Waals surface area contributed by atoms with Gasteiger partial charge in [-0.3, -0.25) is 0 Å². The first-order valence-corrected chi connectivity index (χ1v) is 8.13. The van der Waals surface area contributed by atoms with Crippen LogP contribution in [0, 0.1) is 0 Å². The van der Waals surface area contributed by atoms with Crippen LogP contribution in [0.2, 0.25) is 5.02 Å². The number of halogens is 1. The molecular weight excluding hydrogens is 278 g/mol. The molecule has 21 heavy (non-hydrogen) atoms. The van der Waals surface area contributed by atoms with E-state index in [1.807, 2.05) is 12.1 Å². The van der Waals surface area contributed by atoms with Gasteiger partial charge in [0.25, 0.3) is 0 Å². The molecule has 0 unspecified atom stereocenters. The Balaban J connectivity index is 1.79. The predicted molar refractivity (Wildman–Crippen MR) is 90.1 cm³/mol. The second-order valence-corrected chi connectivity index (χ2v) is 6.52. The Bertz CT molecular complexity index is 570. The summed E-state index contributed by atoms with van der Waals surface area (Å²) in [5.74, 6) is 0.681. The molecule has 0 radical (unpaired) electrons. The van der Waals surface area contributed by atoms with Crippen molar-refractivity contribution in [3.8, 4) is 0 Å². The number of benzene rings is 2. The standard InChI is InChI=1S/C19H22ClN/c1-2-21-14-19(17-8-10-18(20)11-9-17)12-16(13-19)15-6-4-3-5-7-15/h3-11,16,21H,2,12-14H2,1H3. The maximum atomic E-state index is 6.04. The molecule has 0 heterocycles. The van der Waals surface area contributed by atoms with Gasteiger partial charge >= 0.3 is 0 Å². The summed E-state index contributed by atoms with van der Waals surface area (Å²) in [7, 11) is 0. The molecule has 2 aromatic rings. The Morgan fingerprint density at radius 1 is 1.05 bits per heavy atom. The van der Waals surface area contributed by atoms with Crippen molar-refractivity contribution in [3.05, 3.63) is 70.7 Å². The lowest BCUT2D eigenvalue weighted by Gasteiger charge is -2.49. The number of rotatable bonds is 5. The second kappa shape index (κ2) is 6.21. The van der Waals surface area contributed by atoms with Gasteiger partial charge in [-0.25, -0.2) is 0 Å². The van der Waals surface area contributed by atoms with E-state index in [2.05, 4.69) is 54.7 Å². The summed E-state index contributed by atoms with van der Waals surface area (Å²) >= 11 is 6.04. The van der Waals surface area contributed by atoms with Crippen molar-refractivity contribution in [1.82, 2.24) is 5.32 Å². The van der Waals surface area contributed by atoms with Crippen LogP contribution in [0.25, 0.3) is 0 Å². The van der Waals surface area contributed by atoms with Gasteiger partial charge in [-0.2, -0.15) is 0 Å². The lowest BCUT2D eigenvalue weighted by Crippen LogP contribution is -2.47. The number of likely N-dealkylation sites (N-methyl/N-ethyl adjacent to an activating group) is 1. The van der Waals surface area contributed by atoms with Gasteiger partial charge in [0.2, 0.25) is 0 Å². The van der Waals surface area contributed by atoms with Gasteiger partial charge in [-0.15, -0.1) is 0 Å². The van der Waals surface area contributed by atoms with Crippen molar-refractivity contribution in [3.63, 3.8) is 0 Å². The molecule has 0 aromatic heterocycles. The Hall–Kier alpha value is -1.31. The van der Waals surface area contributed by atoms with Crippen molar-refractivity contribution in [2.24, 2.45) is 0 Å². The minimum absolute atomic E-state index is 0.265. The summed E-state index contributed by atoms with van der Waals surface area (Å²) in [6, 6.07) is 19.3. The van der Waals surface area contributed by atoms with E-state index < -0.39 is 0 Å². The van der Waals surface area contributed by atoms with Gasteiger partial charge < -0.3 is 5.32 Å². The highest BCUT2D eigenvalue weighted by atomic mass is 35.5. The zero-order valence-corrected chi connectivity index (χ0v) is 13.2. The van der Waals surface area contributed by atoms with Crippen molar-refractivity contribution in [1.29, 1.82) is 0 Å². The molecule has 0 amide bonds. The Morgan fingerprint density at radius 2 is 1.71 bits per heavy atom. The fraction of sp³-hybridized carbons (Fsp3) is 0.368. The van der Waals surface area contributed by atoms with E-state index in [9.17, 15) is 0 Å². The molecule has 110 valence electrons. The van der Waals surface area contributed by atoms with Crippen LogP contribution in [0.3, 0.4) is 0 Å². The molecule has 0 aliphatic heterocycles. The maximum Gasteiger partial charge on any atom is 0.0406 e. The largest absolute Gasteiger partial charge is 0.316 e. The van der Waals surface area contributed by atoms with Gasteiger partial charge in [0.1, 0.15) is 0 Å². The molecule has 1 fully saturated rings. The van der Waals surface area contributed by atoms with E-state index in [0.717, 1.165) is 18.1 Å². The molecule has 1 N–H and O–H groups in total. The molecule has 0 bridgehead atoms. The topological polar surface area (TPSA) is 12.0 Å². The average molecular weight is 300 g/mol. The molecule has 1 saturated carbocycles. The quantitative estimate of drug-likeness (QED) is 0.839. The van der Waals surface area contributed by atoms with Crippen molar-refractivity contribution in [2.75, 3.05) is 13.1 Å². The van der Waals surface area contributed by atoms with E-state index in [-0.39, 0.29) is 5.41 Å². The van der Waals surface area contributed by atoms with Gasteiger partial charge in [-0.05, 0) is 48.6 Å². The van der Waals surface area contributed by atoms with Gasteiger partial charge in [0.05, 0.1) is 0 Å². The zero-order chi connectivity index (χ0) is 14.7. The third-order valence-corrected chi connectivity index (χ3v) is 4.97. The van der Waals surface area contributed by atoms with Crippen LogP contribution in [0.15, 0.2) is 54.6 Å². The van der Waals surface area contributed by atoms with Crippen LogP contribution < -0.4 is 5.32 Å². The highest BCUT2D eigenvalue weighted by molar-refractivity contribution is 6.30. The molecule has 2 aromatic carbocycles. The molecule has 1 aliphatic rings. The van der Waals surface area contributed by atoms with Crippen LogP contribution in [0.4, 0.5) is 0 Å². The average Bonchev–Trinajstić information content (AvgIpc) is 2.49.